The maximum absolute atomic E-state index is 13.2. The van der Waals surface area contributed by atoms with E-state index in [1.807, 2.05) is 30.3 Å². The minimum absolute atomic E-state index is 0. The summed E-state index contributed by atoms with van der Waals surface area (Å²) < 4.78 is 27.8. The molecule has 1 unspecified atom stereocenters. The molecule has 0 saturated carbocycles. The zero-order valence-corrected chi connectivity index (χ0v) is 13.8. The van der Waals surface area contributed by atoms with Crippen LogP contribution in [-0.2, 0) is 11.2 Å². The Morgan fingerprint density at radius 2 is 2.04 bits per heavy atom. The van der Waals surface area contributed by atoms with Crippen molar-refractivity contribution in [2.75, 3.05) is 13.1 Å². The highest BCUT2D eigenvalue weighted by Gasteiger charge is 2.30. The van der Waals surface area contributed by atoms with Crippen molar-refractivity contribution in [1.82, 2.24) is 25.5 Å². The van der Waals surface area contributed by atoms with Crippen LogP contribution in [0.15, 0.2) is 30.3 Å². The van der Waals surface area contributed by atoms with Crippen LogP contribution in [0.5, 0.6) is 0 Å². The highest BCUT2D eigenvalue weighted by atomic mass is 35.5. The Balaban J connectivity index is 0.00000288. The maximum atomic E-state index is 13.2. The Bertz CT molecular complexity index is 652. The van der Waals surface area contributed by atoms with Crippen molar-refractivity contribution in [3.63, 3.8) is 0 Å². The SMILES string of the molecule is Cc1nnnn1C(Cc1ccccc1)C(=O)NCC(F)(F)CN.Cl. The summed E-state index contributed by atoms with van der Waals surface area (Å²) in [4.78, 5) is 12.4. The molecule has 1 amide bonds. The van der Waals surface area contributed by atoms with E-state index in [2.05, 4.69) is 20.8 Å². The van der Waals surface area contributed by atoms with Crippen LogP contribution < -0.4 is 11.1 Å². The number of rotatable bonds is 7. The molecule has 0 spiro atoms. The fourth-order valence-electron chi connectivity index (χ4n) is 2.06. The molecule has 1 atom stereocenters. The largest absolute Gasteiger partial charge is 0.348 e. The molecule has 1 aromatic heterocycles. The van der Waals surface area contributed by atoms with Gasteiger partial charge >= 0.3 is 0 Å². The first-order chi connectivity index (χ1) is 10.9. The smallest absolute Gasteiger partial charge is 0.277 e. The van der Waals surface area contributed by atoms with Crippen LogP contribution >= 0.6 is 12.4 Å². The third-order valence-electron chi connectivity index (χ3n) is 3.35. The number of carbonyl (C=O) groups is 1. The molecule has 1 aromatic carbocycles. The maximum Gasteiger partial charge on any atom is 0.277 e. The van der Waals surface area contributed by atoms with Crippen LogP contribution in [0.1, 0.15) is 17.4 Å². The summed E-state index contributed by atoms with van der Waals surface area (Å²) in [6.45, 7) is -0.0188. The van der Waals surface area contributed by atoms with Gasteiger partial charge in [-0.2, -0.15) is 0 Å². The predicted molar refractivity (Wildman–Crippen MR) is 86.0 cm³/mol. The van der Waals surface area contributed by atoms with E-state index in [-0.39, 0.29) is 18.8 Å². The first-order valence-corrected chi connectivity index (χ1v) is 7.07. The van der Waals surface area contributed by atoms with Crippen molar-refractivity contribution >= 4 is 18.3 Å². The van der Waals surface area contributed by atoms with Gasteiger partial charge in [-0.3, -0.25) is 4.79 Å². The number of benzene rings is 1. The number of nitrogens with two attached hydrogens (primary N) is 1. The molecule has 1 heterocycles. The van der Waals surface area contributed by atoms with E-state index >= 15 is 0 Å². The topological polar surface area (TPSA) is 98.7 Å². The number of aromatic nitrogens is 4. The van der Waals surface area contributed by atoms with Gasteiger partial charge in [0.05, 0.1) is 13.1 Å². The molecule has 0 aliphatic carbocycles. The van der Waals surface area contributed by atoms with E-state index in [1.165, 1.54) is 4.68 Å². The van der Waals surface area contributed by atoms with Crippen LogP contribution in [0, 0.1) is 6.92 Å². The molecule has 0 aliphatic rings. The number of hydrogen-bond acceptors (Lipinski definition) is 5. The minimum atomic E-state index is -3.15. The lowest BCUT2D eigenvalue weighted by atomic mass is 10.1. The van der Waals surface area contributed by atoms with Gasteiger partial charge in [-0.1, -0.05) is 30.3 Å². The molecule has 10 heteroatoms. The summed E-state index contributed by atoms with van der Waals surface area (Å²) in [5, 5.41) is 13.3. The summed E-state index contributed by atoms with van der Waals surface area (Å²) in [6, 6.07) is 8.38. The number of alkyl halides is 2. The lowest BCUT2D eigenvalue weighted by molar-refractivity contribution is -0.126. The average Bonchev–Trinajstić information content (AvgIpc) is 2.97. The van der Waals surface area contributed by atoms with Gasteiger partial charge in [-0.25, -0.2) is 13.5 Å². The van der Waals surface area contributed by atoms with Crippen molar-refractivity contribution < 1.29 is 13.6 Å². The number of tetrazole rings is 1. The van der Waals surface area contributed by atoms with Crippen LogP contribution in [0.2, 0.25) is 0 Å². The van der Waals surface area contributed by atoms with Gasteiger partial charge in [-0.15, -0.1) is 17.5 Å². The summed E-state index contributed by atoms with van der Waals surface area (Å²) in [7, 11) is 0. The summed E-state index contributed by atoms with van der Waals surface area (Å²) in [5.74, 6) is -3.31. The number of aryl methyl sites for hydroxylation is 1. The summed E-state index contributed by atoms with van der Waals surface area (Å²) >= 11 is 0. The van der Waals surface area contributed by atoms with Gasteiger partial charge in [0.2, 0.25) is 5.91 Å². The molecular weight excluding hydrogens is 342 g/mol. The molecule has 132 valence electrons. The fourth-order valence-corrected chi connectivity index (χ4v) is 2.06. The minimum Gasteiger partial charge on any atom is -0.348 e. The molecule has 2 aromatic rings. The number of nitrogens with zero attached hydrogens (tertiary/aromatic N) is 4. The molecule has 7 nitrogen and oxygen atoms in total. The summed E-state index contributed by atoms with van der Waals surface area (Å²) in [6.07, 6.45) is 0.284. The number of amides is 1. The highest BCUT2D eigenvalue weighted by Crippen LogP contribution is 2.16. The van der Waals surface area contributed by atoms with E-state index in [0.29, 0.717) is 5.82 Å². The first-order valence-electron chi connectivity index (χ1n) is 7.07. The van der Waals surface area contributed by atoms with Gasteiger partial charge in [0.1, 0.15) is 11.9 Å². The van der Waals surface area contributed by atoms with E-state index in [0.717, 1.165) is 5.56 Å². The number of nitrogens with one attached hydrogen (secondary N) is 1. The van der Waals surface area contributed by atoms with Crippen molar-refractivity contribution in [1.29, 1.82) is 0 Å². The van der Waals surface area contributed by atoms with Gasteiger partial charge in [0, 0.05) is 6.42 Å². The predicted octanol–water partition coefficient (Wildman–Crippen LogP) is 0.897. The Morgan fingerprint density at radius 3 is 2.58 bits per heavy atom. The quantitative estimate of drug-likeness (QED) is 0.764. The van der Waals surface area contributed by atoms with E-state index < -0.39 is 31.0 Å². The first kappa shape index (κ1) is 19.9. The molecule has 0 aliphatic heterocycles. The van der Waals surface area contributed by atoms with Crippen LogP contribution in [0.4, 0.5) is 8.78 Å². The highest BCUT2D eigenvalue weighted by molar-refractivity contribution is 5.85. The second-order valence-corrected chi connectivity index (χ2v) is 5.15. The standard InChI is InChI=1S/C14H18F2N6O.ClH/c1-10-19-20-21-22(10)12(7-11-5-3-2-4-6-11)13(23)18-9-14(15,16)8-17;/h2-6,12H,7-9,17H2,1H3,(H,18,23);1H. The third kappa shape index (κ3) is 5.20. The second kappa shape index (κ2) is 8.65. The Kier molecular flexibility index (Phi) is 7.18. The monoisotopic (exact) mass is 360 g/mol. The van der Waals surface area contributed by atoms with Crippen molar-refractivity contribution in [2.45, 2.75) is 25.3 Å². The Morgan fingerprint density at radius 1 is 1.38 bits per heavy atom. The van der Waals surface area contributed by atoms with Crippen LogP contribution in [0.3, 0.4) is 0 Å². The normalized spacial score (nSPS) is 12.3. The lowest BCUT2D eigenvalue weighted by Crippen LogP contribution is -2.44. The molecule has 0 radical (unpaired) electrons. The van der Waals surface area contributed by atoms with Crippen molar-refractivity contribution in [3.05, 3.63) is 41.7 Å². The zero-order valence-electron chi connectivity index (χ0n) is 13.0. The van der Waals surface area contributed by atoms with E-state index in [1.54, 1.807) is 6.92 Å². The lowest BCUT2D eigenvalue weighted by Gasteiger charge is -2.20. The Hall–Kier alpha value is -2.13. The molecule has 3 N–H and O–H groups in total. The van der Waals surface area contributed by atoms with Gasteiger partial charge in [0.25, 0.3) is 5.92 Å². The van der Waals surface area contributed by atoms with E-state index in [9.17, 15) is 13.6 Å². The van der Waals surface area contributed by atoms with Crippen molar-refractivity contribution in [2.24, 2.45) is 5.73 Å². The van der Waals surface area contributed by atoms with Crippen LogP contribution in [-0.4, -0.2) is 45.1 Å². The van der Waals surface area contributed by atoms with Gasteiger partial charge in [-0.05, 0) is 22.9 Å². The molecule has 0 saturated heterocycles. The third-order valence-corrected chi connectivity index (χ3v) is 3.35. The summed E-state index contributed by atoms with van der Waals surface area (Å²) in [5.41, 5.74) is 5.84. The molecule has 2 rings (SSSR count). The number of hydrogen-bond donors (Lipinski definition) is 2. The van der Waals surface area contributed by atoms with Gasteiger partial charge < -0.3 is 11.1 Å². The molecular formula is C14H19ClF2N6O. The van der Waals surface area contributed by atoms with Crippen LogP contribution in [0.25, 0.3) is 0 Å². The second-order valence-electron chi connectivity index (χ2n) is 5.15. The van der Waals surface area contributed by atoms with Gasteiger partial charge in [0.15, 0.2) is 0 Å². The number of halogens is 3. The van der Waals surface area contributed by atoms with Crippen molar-refractivity contribution in [3.8, 4) is 0 Å². The molecule has 24 heavy (non-hydrogen) atoms. The molecule has 0 fully saturated rings. The van der Waals surface area contributed by atoms with E-state index in [4.69, 9.17) is 5.73 Å². The zero-order chi connectivity index (χ0) is 16.9. The number of carbonyl (C=O) groups excluding carboxylic acids is 1. The average molecular weight is 361 g/mol. The molecule has 0 bridgehead atoms. The Labute approximate surface area is 144 Å². The fraction of sp³-hybridized carbons (Fsp3) is 0.429.